The summed E-state index contributed by atoms with van der Waals surface area (Å²) in [7, 11) is 0. The van der Waals surface area contributed by atoms with E-state index < -0.39 is 35.7 Å². The molecule has 1 unspecified atom stereocenters. The van der Waals surface area contributed by atoms with Gasteiger partial charge in [0.2, 0.25) is 6.04 Å². The van der Waals surface area contributed by atoms with Crippen molar-refractivity contribution >= 4 is 16.7 Å². The molecule has 0 saturated carbocycles. The van der Waals surface area contributed by atoms with E-state index in [-0.39, 0.29) is 16.5 Å². The standard InChI is InChI=1S/C14H10F7NO/c1-6-9-5-8(15)3-4-10(9)23-11(6)12(14(19,20)21)22-7(2)13(16,17)18/h3-5,12H,1-2H3. The lowest BCUT2D eigenvalue weighted by Gasteiger charge is -2.17. The molecule has 1 aromatic heterocycles. The molecule has 0 radical (unpaired) electrons. The molecule has 0 saturated heterocycles. The summed E-state index contributed by atoms with van der Waals surface area (Å²) >= 11 is 0. The van der Waals surface area contributed by atoms with Crippen molar-refractivity contribution in [1.82, 2.24) is 0 Å². The molecule has 126 valence electrons. The molecule has 23 heavy (non-hydrogen) atoms. The van der Waals surface area contributed by atoms with Crippen LogP contribution >= 0.6 is 0 Å². The third kappa shape index (κ3) is 3.48. The van der Waals surface area contributed by atoms with Gasteiger partial charge in [0, 0.05) is 10.9 Å². The van der Waals surface area contributed by atoms with Crippen molar-refractivity contribution in [2.75, 3.05) is 0 Å². The minimum Gasteiger partial charge on any atom is -0.458 e. The topological polar surface area (TPSA) is 25.5 Å². The Morgan fingerprint density at radius 2 is 1.74 bits per heavy atom. The molecular weight excluding hydrogens is 331 g/mol. The number of alkyl halides is 6. The zero-order chi connectivity index (χ0) is 17.6. The van der Waals surface area contributed by atoms with Crippen molar-refractivity contribution in [2.45, 2.75) is 32.2 Å². The van der Waals surface area contributed by atoms with E-state index in [1.807, 2.05) is 0 Å². The zero-order valence-electron chi connectivity index (χ0n) is 11.8. The quantitative estimate of drug-likeness (QED) is 0.522. The van der Waals surface area contributed by atoms with Crippen molar-refractivity contribution in [1.29, 1.82) is 0 Å². The third-order valence-electron chi connectivity index (χ3n) is 3.23. The molecule has 0 N–H and O–H groups in total. The molecule has 0 bridgehead atoms. The van der Waals surface area contributed by atoms with Gasteiger partial charge in [0.05, 0.1) is 0 Å². The molecule has 1 atom stereocenters. The molecule has 0 fully saturated rings. The maximum absolute atomic E-state index is 13.2. The fourth-order valence-corrected chi connectivity index (χ4v) is 2.02. The summed E-state index contributed by atoms with van der Waals surface area (Å²) < 4.78 is 95.1. The number of hydrogen-bond acceptors (Lipinski definition) is 2. The van der Waals surface area contributed by atoms with Crippen LogP contribution in [-0.2, 0) is 0 Å². The largest absolute Gasteiger partial charge is 0.458 e. The van der Waals surface area contributed by atoms with Gasteiger partial charge < -0.3 is 4.42 Å². The van der Waals surface area contributed by atoms with Crippen LogP contribution in [0, 0.1) is 12.7 Å². The van der Waals surface area contributed by atoms with Gasteiger partial charge in [0.25, 0.3) is 0 Å². The highest BCUT2D eigenvalue weighted by atomic mass is 19.4. The van der Waals surface area contributed by atoms with Crippen LogP contribution in [0.1, 0.15) is 24.3 Å². The number of fused-ring (bicyclic) bond motifs is 1. The SMILES string of the molecule is CC(=NC(c1oc2ccc(F)cc2c1C)C(F)(F)F)C(F)(F)F. The molecule has 1 heterocycles. The summed E-state index contributed by atoms with van der Waals surface area (Å²) in [6, 6.07) is 0.210. The normalized spacial score (nSPS) is 15.3. The fraction of sp³-hybridized carbons (Fsp3) is 0.357. The molecule has 0 aliphatic heterocycles. The fourth-order valence-electron chi connectivity index (χ4n) is 2.02. The Bertz CT molecular complexity index is 755. The van der Waals surface area contributed by atoms with Crippen LogP contribution in [0.25, 0.3) is 11.0 Å². The maximum Gasteiger partial charge on any atom is 0.428 e. The smallest absolute Gasteiger partial charge is 0.428 e. The third-order valence-corrected chi connectivity index (χ3v) is 3.23. The van der Waals surface area contributed by atoms with Gasteiger partial charge in [-0.05, 0) is 32.0 Å². The van der Waals surface area contributed by atoms with E-state index in [2.05, 4.69) is 4.99 Å². The number of aryl methyl sites for hydroxylation is 1. The predicted molar refractivity (Wildman–Crippen MR) is 68.9 cm³/mol. The van der Waals surface area contributed by atoms with Crippen LogP contribution in [0.4, 0.5) is 30.7 Å². The second kappa shape index (κ2) is 5.54. The lowest BCUT2D eigenvalue weighted by atomic mass is 10.1. The maximum atomic E-state index is 13.2. The van der Waals surface area contributed by atoms with Crippen LogP contribution in [0.15, 0.2) is 27.6 Å². The monoisotopic (exact) mass is 341 g/mol. The first kappa shape index (κ1) is 17.3. The Kier molecular flexibility index (Phi) is 4.16. The number of rotatable bonds is 2. The molecule has 0 aliphatic rings. The van der Waals surface area contributed by atoms with Gasteiger partial charge in [-0.2, -0.15) is 26.3 Å². The van der Waals surface area contributed by atoms with Crippen LogP contribution in [0.3, 0.4) is 0 Å². The van der Waals surface area contributed by atoms with Crippen LogP contribution in [0.2, 0.25) is 0 Å². The first-order valence-corrected chi connectivity index (χ1v) is 6.28. The highest BCUT2D eigenvalue weighted by Crippen LogP contribution is 2.41. The van der Waals surface area contributed by atoms with E-state index in [4.69, 9.17) is 4.42 Å². The molecule has 2 aromatic rings. The Morgan fingerprint density at radius 1 is 1.13 bits per heavy atom. The number of nitrogens with zero attached hydrogens (tertiary/aromatic N) is 1. The van der Waals surface area contributed by atoms with Gasteiger partial charge in [0.15, 0.2) is 0 Å². The van der Waals surface area contributed by atoms with Gasteiger partial charge in [-0.15, -0.1) is 0 Å². The van der Waals surface area contributed by atoms with Crippen LogP contribution < -0.4 is 0 Å². The van der Waals surface area contributed by atoms with Gasteiger partial charge in [0.1, 0.15) is 22.9 Å². The summed E-state index contributed by atoms with van der Waals surface area (Å²) in [5, 5.41) is 0.0501. The van der Waals surface area contributed by atoms with Crippen LogP contribution in [0.5, 0.6) is 0 Å². The zero-order valence-corrected chi connectivity index (χ0v) is 11.8. The Labute approximate surface area is 125 Å². The first-order chi connectivity index (χ1) is 10.4. The van der Waals surface area contributed by atoms with Crippen molar-refractivity contribution in [3.05, 3.63) is 35.3 Å². The van der Waals surface area contributed by atoms with Crippen molar-refractivity contribution in [2.24, 2.45) is 4.99 Å². The lowest BCUT2D eigenvalue weighted by molar-refractivity contribution is -0.152. The van der Waals surface area contributed by atoms with E-state index in [0.29, 0.717) is 6.92 Å². The van der Waals surface area contributed by atoms with Crippen LogP contribution in [-0.4, -0.2) is 18.1 Å². The van der Waals surface area contributed by atoms with E-state index in [1.54, 1.807) is 0 Å². The molecule has 9 heteroatoms. The number of halogens is 7. The molecule has 0 amide bonds. The Hall–Kier alpha value is -2.06. The van der Waals surface area contributed by atoms with Crippen molar-refractivity contribution in [3.8, 4) is 0 Å². The second-order valence-corrected chi connectivity index (χ2v) is 4.89. The Balaban J connectivity index is 2.64. The van der Waals surface area contributed by atoms with Crippen molar-refractivity contribution < 1.29 is 35.2 Å². The van der Waals surface area contributed by atoms with E-state index in [1.165, 1.54) is 6.92 Å². The van der Waals surface area contributed by atoms with E-state index in [9.17, 15) is 30.7 Å². The summed E-state index contributed by atoms with van der Waals surface area (Å²) in [4.78, 5) is 2.75. The van der Waals surface area contributed by atoms with Gasteiger partial charge in [-0.25, -0.2) is 4.39 Å². The summed E-state index contributed by atoms with van der Waals surface area (Å²) in [5.74, 6) is -1.49. The second-order valence-electron chi connectivity index (χ2n) is 4.89. The minimum absolute atomic E-state index is 0.0501. The van der Waals surface area contributed by atoms with E-state index >= 15 is 0 Å². The van der Waals surface area contributed by atoms with Gasteiger partial charge in [-0.3, -0.25) is 4.99 Å². The molecule has 0 spiro atoms. The van der Waals surface area contributed by atoms with Gasteiger partial charge >= 0.3 is 12.4 Å². The Morgan fingerprint density at radius 3 is 2.26 bits per heavy atom. The number of furan rings is 1. The average molecular weight is 341 g/mol. The molecule has 0 aliphatic carbocycles. The summed E-state index contributed by atoms with van der Waals surface area (Å²) in [5.41, 5.74) is -1.81. The molecule has 2 nitrogen and oxygen atoms in total. The first-order valence-electron chi connectivity index (χ1n) is 6.28. The number of benzene rings is 1. The molecular formula is C14H10F7NO. The summed E-state index contributed by atoms with van der Waals surface area (Å²) in [6.45, 7) is 1.65. The van der Waals surface area contributed by atoms with E-state index in [0.717, 1.165) is 18.2 Å². The van der Waals surface area contributed by atoms with Crippen molar-refractivity contribution in [3.63, 3.8) is 0 Å². The molecule has 1 aromatic carbocycles. The molecule has 2 rings (SSSR count). The van der Waals surface area contributed by atoms with Gasteiger partial charge in [-0.1, -0.05) is 0 Å². The number of hydrogen-bond donors (Lipinski definition) is 0. The number of aliphatic imine (C=N–C) groups is 1. The minimum atomic E-state index is -5.09. The predicted octanol–water partition coefficient (Wildman–Crippen LogP) is 5.51. The summed E-state index contributed by atoms with van der Waals surface area (Å²) in [6.07, 6.45) is -10.1. The lowest BCUT2D eigenvalue weighted by Crippen LogP contribution is -2.25. The highest BCUT2D eigenvalue weighted by molar-refractivity contribution is 5.88. The average Bonchev–Trinajstić information content (AvgIpc) is 2.70. The highest BCUT2D eigenvalue weighted by Gasteiger charge is 2.46.